The highest BCUT2D eigenvalue weighted by Gasteiger charge is 2.31. The number of nitrogens with zero attached hydrogens (tertiary/aromatic N) is 1. The summed E-state index contributed by atoms with van der Waals surface area (Å²) in [5.41, 5.74) is 11.5. The Kier molecular flexibility index (Phi) is 12.0. The number of imidazole rings is 1. The first kappa shape index (κ1) is 30.0. The molecule has 0 radical (unpaired) electrons. The number of aromatic nitrogens is 2. The van der Waals surface area contributed by atoms with E-state index < -0.39 is 72.6 Å². The van der Waals surface area contributed by atoms with Gasteiger partial charge in [-0.15, -0.1) is 0 Å². The molecule has 4 amide bonds. The van der Waals surface area contributed by atoms with Gasteiger partial charge in [0.15, 0.2) is 0 Å². The van der Waals surface area contributed by atoms with Crippen LogP contribution in [0.25, 0.3) is 0 Å². The molecule has 0 aliphatic heterocycles. The second-order valence-electron chi connectivity index (χ2n) is 8.64. The fourth-order valence-electron chi connectivity index (χ4n) is 3.19. The zero-order valence-electron chi connectivity index (χ0n) is 20.0. The summed E-state index contributed by atoms with van der Waals surface area (Å²) in [4.78, 5) is 78.5. The highest BCUT2D eigenvalue weighted by molar-refractivity contribution is 5.95. The zero-order valence-corrected chi connectivity index (χ0v) is 20.0. The Morgan fingerprint density at radius 1 is 0.972 bits per heavy atom. The molecule has 0 aliphatic carbocycles. The Labute approximate surface area is 206 Å². The lowest BCUT2D eigenvalue weighted by Crippen LogP contribution is -2.57. The third kappa shape index (κ3) is 10.9. The molecule has 4 atom stereocenters. The van der Waals surface area contributed by atoms with Gasteiger partial charge >= 0.3 is 11.9 Å². The summed E-state index contributed by atoms with van der Waals surface area (Å²) in [6.07, 6.45) is 1.62. The molecule has 1 aromatic heterocycles. The number of nitrogens with one attached hydrogen (secondary N) is 4. The van der Waals surface area contributed by atoms with Gasteiger partial charge in [0.2, 0.25) is 23.6 Å². The van der Waals surface area contributed by atoms with E-state index >= 15 is 0 Å². The van der Waals surface area contributed by atoms with Crippen LogP contribution >= 0.6 is 0 Å². The molecule has 0 saturated heterocycles. The first-order chi connectivity index (χ1) is 16.8. The van der Waals surface area contributed by atoms with Crippen molar-refractivity contribution in [3.05, 3.63) is 18.2 Å². The summed E-state index contributed by atoms with van der Waals surface area (Å²) in [5, 5.41) is 25.3. The molecule has 0 aliphatic rings. The molecule has 0 aromatic carbocycles. The van der Waals surface area contributed by atoms with Gasteiger partial charge in [-0.05, 0) is 18.8 Å². The van der Waals surface area contributed by atoms with Crippen molar-refractivity contribution in [1.82, 2.24) is 25.9 Å². The van der Waals surface area contributed by atoms with Crippen LogP contribution in [-0.2, 0) is 35.2 Å². The molecular formula is C21H33N7O8. The summed E-state index contributed by atoms with van der Waals surface area (Å²) < 4.78 is 0. The van der Waals surface area contributed by atoms with Crippen LogP contribution in [0.2, 0.25) is 0 Å². The monoisotopic (exact) mass is 511 g/mol. The molecular weight excluding hydrogens is 478 g/mol. The van der Waals surface area contributed by atoms with Crippen molar-refractivity contribution in [2.75, 3.05) is 0 Å². The third-order valence-corrected chi connectivity index (χ3v) is 4.97. The summed E-state index contributed by atoms with van der Waals surface area (Å²) in [5.74, 6) is -6.26. The molecule has 15 heteroatoms. The molecule has 15 nitrogen and oxygen atoms in total. The number of carbonyl (C=O) groups excluding carboxylic acids is 4. The standard InChI is InChI=1S/C21H33N7O8/c1-10(2)5-14(20(34)28-15(21(35)36)7-16(23)29)27-19(33)13(3-4-17(30)31)26-18(32)12(22)6-11-8-24-9-25-11/h8-10,12-15H,3-7,22H2,1-2H3,(H2,23,29)(H,24,25)(H,26,32)(H,27,33)(H,28,34)(H,30,31)(H,35,36). The van der Waals surface area contributed by atoms with E-state index in [1.807, 2.05) is 0 Å². The van der Waals surface area contributed by atoms with Crippen LogP contribution in [0.3, 0.4) is 0 Å². The lowest BCUT2D eigenvalue weighted by atomic mass is 10.0. The van der Waals surface area contributed by atoms with E-state index in [4.69, 9.17) is 16.6 Å². The van der Waals surface area contributed by atoms with Gasteiger partial charge in [0.25, 0.3) is 0 Å². The van der Waals surface area contributed by atoms with E-state index in [9.17, 15) is 33.9 Å². The number of rotatable bonds is 16. The van der Waals surface area contributed by atoms with Gasteiger partial charge in [0.1, 0.15) is 18.1 Å². The molecule has 0 spiro atoms. The minimum Gasteiger partial charge on any atom is -0.481 e. The fourth-order valence-corrected chi connectivity index (χ4v) is 3.19. The first-order valence-corrected chi connectivity index (χ1v) is 11.2. The van der Waals surface area contributed by atoms with Gasteiger partial charge in [-0.2, -0.15) is 0 Å². The van der Waals surface area contributed by atoms with Crippen molar-refractivity contribution in [2.45, 2.75) is 70.1 Å². The molecule has 36 heavy (non-hydrogen) atoms. The zero-order chi connectivity index (χ0) is 27.4. The Bertz CT molecular complexity index is 935. The SMILES string of the molecule is CC(C)CC(NC(=O)C(CCC(=O)O)NC(=O)C(N)Cc1cnc[nH]1)C(=O)NC(CC(N)=O)C(=O)O. The van der Waals surface area contributed by atoms with Crippen LogP contribution in [0, 0.1) is 5.92 Å². The second kappa shape index (κ2) is 14.4. The average Bonchev–Trinajstić information content (AvgIpc) is 3.27. The van der Waals surface area contributed by atoms with Gasteiger partial charge in [0.05, 0.1) is 18.8 Å². The maximum absolute atomic E-state index is 13.0. The molecule has 0 fully saturated rings. The van der Waals surface area contributed by atoms with Gasteiger partial charge < -0.3 is 42.6 Å². The van der Waals surface area contributed by atoms with Crippen LogP contribution in [0.1, 0.15) is 45.2 Å². The number of aliphatic carboxylic acids is 2. The summed E-state index contributed by atoms with van der Waals surface area (Å²) in [6.45, 7) is 3.51. The smallest absolute Gasteiger partial charge is 0.326 e. The fraction of sp³-hybridized carbons (Fsp3) is 0.571. The number of H-pyrrole nitrogens is 1. The first-order valence-electron chi connectivity index (χ1n) is 11.2. The van der Waals surface area contributed by atoms with Crippen molar-refractivity contribution in [3.8, 4) is 0 Å². The highest BCUT2D eigenvalue weighted by Crippen LogP contribution is 2.08. The summed E-state index contributed by atoms with van der Waals surface area (Å²) in [7, 11) is 0. The van der Waals surface area contributed by atoms with Gasteiger partial charge in [0, 0.05) is 24.7 Å². The van der Waals surface area contributed by atoms with Crippen LogP contribution in [0.4, 0.5) is 0 Å². The molecule has 0 bridgehead atoms. The lowest BCUT2D eigenvalue weighted by Gasteiger charge is -2.25. The van der Waals surface area contributed by atoms with Crippen molar-refractivity contribution in [3.63, 3.8) is 0 Å². The van der Waals surface area contributed by atoms with E-state index in [0.29, 0.717) is 5.69 Å². The number of aromatic amines is 1. The van der Waals surface area contributed by atoms with Gasteiger partial charge in [-0.25, -0.2) is 9.78 Å². The number of carboxylic acid groups (broad SMARTS) is 2. The van der Waals surface area contributed by atoms with Crippen molar-refractivity contribution < 1.29 is 39.0 Å². The molecule has 1 heterocycles. The molecule has 10 N–H and O–H groups in total. The van der Waals surface area contributed by atoms with Gasteiger partial charge in [-0.1, -0.05) is 13.8 Å². The number of hydrogen-bond donors (Lipinski definition) is 8. The van der Waals surface area contributed by atoms with E-state index in [1.54, 1.807) is 13.8 Å². The number of hydrogen-bond acceptors (Lipinski definition) is 8. The van der Waals surface area contributed by atoms with Crippen molar-refractivity contribution in [1.29, 1.82) is 0 Å². The molecule has 1 rings (SSSR count). The quantitative estimate of drug-likeness (QED) is 0.117. The third-order valence-electron chi connectivity index (χ3n) is 4.97. The normalized spacial score (nSPS) is 14.2. The minimum absolute atomic E-state index is 0.0773. The predicted molar refractivity (Wildman–Crippen MR) is 124 cm³/mol. The van der Waals surface area contributed by atoms with Gasteiger partial charge in [-0.3, -0.25) is 24.0 Å². The number of amides is 4. The van der Waals surface area contributed by atoms with E-state index in [-0.39, 0.29) is 25.2 Å². The number of nitrogens with two attached hydrogens (primary N) is 2. The van der Waals surface area contributed by atoms with Crippen molar-refractivity contribution in [2.24, 2.45) is 17.4 Å². The molecule has 4 unspecified atom stereocenters. The Morgan fingerprint density at radius 3 is 2.06 bits per heavy atom. The van der Waals surface area contributed by atoms with Crippen LogP contribution in [0.5, 0.6) is 0 Å². The summed E-state index contributed by atoms with van der Waals surface area (Å²) in [6, 6.07) is -5.27. The lowest BCUT2D eigenvalue weighted by molar-refractivity contribution is -0.144. The number of carbonyl (C=O) groups is 6. The molecule has 200 valence electrons. The minimum atomic E-state index is -1.61. The average molecular weight is 512 g/mol. The second-order valence-corrected chi connectivity index (χ2v) is 8.64. The molecule has 0 saturated carbocycles. The Balaban J connectivity index is 2.99. The van der Waals surface area contributed by atoms with Crippen LogP contribution < -0.4 is 27.4 Å². The van der Waals surface area contributed by atoms with Crippen molar-refractivity contribution >= 4 is 35.6 Å². The number of primary amides is 1. The largest absolute Gasteiger partial charge is 0.481 e. The van der Waals surface area contributed by atoms with Crippen LogP contribution in [0.15, 0.2) is 12.5 Å². The Hall–Kier alpha value is -4.01. The summed E-state index contributed by atoms with van der Waals surface area (Å²) >= 11 is 0. The topological polar surface area (TPSA) is 260 Å². The maximum Gasteiger partial charge on any atom is 0.326 e. The Morgan fingerprint density at radius 2 is 1.56 bits per heavy atom. The van der Waals surface area contributed by atoms with E-state index in [2.05, 4.69) is 25.9 Å². The predicted octanol–water partition coefficient (Wildman–Crippen LogP) is -2.40. The van der Waals surface area contributed by atoms with E-state index in [0.717, 1.165) is 0 Å². The van der Waals surface area contributed by atoms with E-state index in [1.165, 1.54) is 12.5 Å². The maximum atomic E-state index is 13.0. The molecule has 1 aromatic rings. The highest BCUT2D eigenvalue weighted by atomic mass is 16.4. The number of carboxylic acids is 2. The van der Waals surface area contributed by atoms with Crippen LogP contribution in [-0.4, -0.2) is 79.9 Å².